The van der Waals surface area contributed by atoms with Crippen molar-refractivity contribution in [2.45, 2.75) is 32.2 Å². The van der Waals surface area contributed by atoms with Crippen LogP contribution in [-0.4, -0.2) is 94.9 Å². The molecule has 2 aliphatic rings. The molecule has 2 fully saturated rings. The van der Waals surface area contributed by atoms with Crippen molar-refractivity contribution in [3.05, 3.63) is 34.9 Å². The maximum atomic E-state index is 9.06. The summed E-state index contributed by atoms with van der Waals surface area (Å²) in [6.07, 6.45) is 4.98. The lowest BCUT2D eigenvalue weighted by Gasteiger charge is -2.36. The van der Waals surface area contributed by atoms with E-state index in [1.54, 1.807) is 0 Å². The number of rotatable bonds is 8. The van der Waals surface area contributed by atoms with E-state index in [0.717, 1.165) is 104 Å². The largest absolute Gasteiger partial charge is 0.396 e. The van der Waals surface area contributed by atoms with Gasteiger partial charge in [0.05, 0.1) is 10.2 Å². The number of fused-ring (bicyclic) bond motifs is 1. The monoisotopic (exact) mass is 541 g/mol. The molecule has 0 spiro atoms. The van der Waals surface area contributed by atoms with E-state index in [2.05, 4.69) is 77.1 Å². The molecule has 5 rings (SSSR count). The predicted molar refractivity (Wildman–Crippen MR) is 146 cm³/mol. The first-order chi connectivity index (χ1) is 17.1. The molecule has 9 heteroatoms. The van der Waals surface area contributed by atoms with Crippen molar-refractivity contribution in [2.24, 2.45) is 0 Å². The number of nitrogens with one attached hydrogen (secondary N) is 2. The Hall–Kier alpha value is -2.20. The second-order valence-electron chi connectivity index (χ2n) is 9.57. The first-order valence-electron chi connectivity index (χ1n) is 12.9. The number of halogens is 1. The number of hydrogen-bond acceptors (Lipinski definition) is 7. The number of likely N-dealkylation sites (tertiary alicyclic amines) is 1. The molecule has 2 saturated heterocycles. The van der Waals surface area contributed by atoms with Gasteiger partial charge in [-0.05, 0) is 66.0 Å². The molecule has 1 aromatic carbocycles. The van der Waals surface area contributed by atoms with Gasteiger partial charge < -0.3 is 25.2 Å². The zero-order valence-corrected chi connectivity index (χ0v) is 22.1. The molecule has 0 saturated carbocycles. The van der Waals surface area contributed by atoms with Crippen molar-refractivity contribution in [1.29, 1.82) is 0 Å². The maximum absolute atomic E-state index is 9.06. The summed E-state index contributed by atoms with van der Waals surface area (Å²) >= 11 is 3.70. The molecule has 0 radical (unpaired) electrons. The Balaban J connectivity index is 1.28. The van der Waals surface area contributed by atoms with E-state index in [-0.39, 0.29) is 6.61 Å². The number of pyridine rings is 1. The minimum atomic E-state index is 0.270. The number of benzene rings is 1. The number of aromatic amines is 1. The van der Waals surface area contributed by atoms with Gasteiger partial charge in [0.15, 0.2) is 5.65 Å². The number of aliphatic hydroxyl groups is 1. The van der Waals surface area contributed by atoms with Gasteiger partial charge in [0.2, 0.25) is 0 Å². The van der Waals surface area contributed by atoms with E-state index in [9.17, 15) is 0 Å². The molecular formula is C26H36BrN7O. The normalized spacial score (nSPS) is 18.4. The van der Waals surface area contributed by atoms with E-state index < -0.39 is 0 Å². The highest BCUT2D eigenvalue weighted by Crippen LogP contribution is 2.33. The summed E-state index contributed by atoms with van der Waals surface area (Å²) in [7, 11) is 0. The van der Waals surface area contributed by atoms with Crippen LogP contribution in [-0.2, 0) is 0 Å². The smallest absolute Gasteiger partial charge is 0.180 e. The number of piperidine rings is 1. The minimum Gasteiger partial charge on any atom is -0.396 e. The van der Waals surface area contributed by atoms with Crippen LogP contribution in [0.15, 0.2) is 34.9 Å². The molecule has 3 N–H and O–H groups in total. The summed E-state index contributed by atoms with van der Waals surface area (Å²) in [6, 6.07) is 9.13. The second kappa shape index (κ2) is 11.2. The summed E-state index contributed by atoms with van der Waals surface area (Å²) in [4.78, 5) is 20.3. The number of nitrogens with zero attached hydrogens (tertiary/aromatic N) is 5. The number of hydrogen-bond donors (Lipinski definition) is 3. The average molecular weight is 543 g/mol. The number of imidazole rings is 1. The fourth-order valence-electron chi connectivity index (χ4n) is 5.16. The zero-order chi connectivity index (χ0) is 24.2. The molecule has 0 bridgehead atoms. The second-order valence-corrected chi connectivity index (χ2v) is 10.4. The molecule has 2 aromatic heterocycles. The standard InChI is InChI=1S/C26H36BrN7O/c1-2-32-11-8-20(9-12-32)29-23-22(27)18-28-26-24(23)30-25(31-26)19-4-6-21(7-5-19)34-15-13-33(14-16-34)10-3-17-35/h4-7,18,20,35H,2-3,8-17H2,1H3,(H2,28,29,30,31). The molecule has 2 aliphatic heterocycles. The Labute approximate surface area is 215 Å². The SMILES string of the molecule is CCN1CCC(Nc2c(Br)cnc3nc(-c4ccc(N5CCN(CCCO)CC5)cc4)[nH]c23)CC1. The van der Waals surface area contributed by atoms with Crippen molar-refractivity contribution < 1.29 is 5.11 Å². The number of aromatic nitrogens is 3. The van der Waals surface area contributed by atoms with Crippen molar-refractivity contribution in [1.82, 2.24) is 24.8 Å². The van der Waals surface area contributed by atoms with Crippen molar-refractivity contribution in [3.8, 4) is 11.4 Å². The highest BCUT2D eigenvalue weighted by atomic mass is 79.9. The number of anilines is 2. The highest BCUT2D eigenvalue weighted by Gasteiger charge is 2.21. The zero-order valence-electron chi connectivity index (χ0n) is 20.5. The number of aliphatic hydroxyl groups excluding tert-OH is 1. The van der Waals surface area contributed by atoms with E-state index in [1.165, 1.54) is 5.69 Å². The summed E-state index contributed by atoms with van der Waals surface area (Å²) in [5.41, 5.74) is 5.05. The van der Waals surface area contributed by atoms with Crippen LogP contribution in [0.2, 0.25) is 0 Å². The quantitative estimate of drug-likeness (QED) is 0.400. The molecule has 0 unspecified atom stereocenters. The minimum absolute atomic E-state index is 0.270. The Bertz CT molecular complexity index is 1100. The van der Waals surface area contributed by atoms with E-state index in [1.807, 2.05) is 6.20 Å². The topological polar surface area (TPSA) is 83.6 Å². The summed E-state index contributed by atoms with van der Waals surface area (Å²) in [5.74, 6) is 0.842. The van der Waals surface area contributed by atoms with Gasteiger partial charge in [-0.1, -0.05) is 6.92 Å². The predicted octanol–water partition coefficient (Wildman–Crippen LogP) is 3.79. The summed E-state index contributed by atoms with van der Waals surface area (Å²) in [5, 5.41) is 12.8. The number of H-pyrrole nitrogens is 1. The van der Waals surface area contributed by atoms with Gasteiger partial charge in [0, 0.05) is 75.9 Å². The lowest BCUT2D eigenvalue weighted by atomic mass is 10.0. The molecule has 0 atom stereocenters. The van der Waals surface area contributed by atoms with Crippen LogP contribution in [0.1, 0.15) is 26.2 Å². The first-order valence-corrected chi connectivity index (χ1v) is 13.7. The molecule has 35 heavy (non-hydrogen) atoms. The lowest BCUT2D eigenvalue weighted by Crippen LogP contribution is -2.46. The van der Waals surface area contributed by atoms with Crippen molar-refractivity contribution in [3.63, 3.8) is 0 Å². The third-order valence-electron chi connectivity index (χ3n) is 7.37. The van der Waals surface area contributed by atoms with Gasteiger partial charge in [0.1, 0.15) is 11.3 Å². The van der Waals surface area contributed by atoms with Crippen LogP contribution in [0.25, 0.3) is 22.6 Å². The molecule has 0 amide bonds. The van der Waals surface area contributed by atoms with E-state index in [0.29, 0.717) is 6.04 Å². The van der Waals surface area contributed by atoms with Crippen LogP contribution < -0.4 is 10.2 Å². The fraction of sp³-hybridized carbons (Fsp3) is 0.538. The fourth-order valence-corrected chi connectivity index (χ4v) is 5.58. The van der Waals surface area contributed by atoms with Crippen LogP contribution in [0, 0.1) is 0 Å². The summed E-state index contributed by atoms with van der Waals surface area (Å²) < 4.78 is 0.964. The van der Waals surface area contributed by atoms with Crippen LogP contribution >= 0.6 is 15.9 Å². The Kier molecular flexibility index (Phi) is 7.87. The van der Waals surface area contributed by atoms with Gasteiger partial charge in [-0.15, -0.1) is 0 Å². The van der Waals surface area contributed by atoms with E-state index in [4.69, 9.17) is 10.1 Å². The molecule has 8 nitrogen and oxygen atoms in total. The number of piperazine rings is 1. The van der Waals surface area contributed by atoms with Gasteiger partial charge in [-0.2, -0.15) is 0 Å². The van der Waals surface area contributed by atoms with Gasteiger partial charge >= 0.3 is 0 Å². The Morgan fingerprint density at radius 2 is 1.80 bits per heavy atom. The molecule has 3 aromatic rings. The Morgan fingerprint density at radius 1 is 1.06 bits per heavy atom. The third kappa shape index (κ3) is 5.63. The highest BCUT2D eigenvalue weighted by molar-refractivity contribution is 9.10. The van der Waals surface area contributed by atoms with Crippen molar-refractivity contribution in [2.75, 3.05) is 69.2 Å². The van der Waals surface area contributed by atoms with Gasteiger partial charge in [-0.25, -0.2) is 9.97 Å². The molecule has 4 heterocycles. The third-order valence-corrected chi connectivity index (χ3v) is 7.97. The molecule has 188 valence electrons. The van der Waals surface area contributed by atoms with Gasteiger partial charge in [0.25, 0.3) is 0 Å². The van der Waals surface area contributed by atoms with Crippen LogP contribution in [0.5, 0.6) is 0 Å². The van der Waals surface area contributed by atoms with Crippen LogP contribution in [0.3, 0.4) is 0 Å². The van der Waals surface area contributed by atoms with Crippen LogP contribution in [0.4, 0.5) is 11.4 Å². The Morgan fingerprint density at radius 3 is 2.49 bits per heavy atom. The molecular weight excluding hydrogens is 506 g/mol. The lowest BCUT2D eigenvalue weighted by molar-refractivity contribution is 0.216. The average Bonchev–Trinajstić information content (AvgIpc) is 3.35. The molecule has 0 aliphatic carbocycles. The van der Waals surface area contributed by atoms with Crippen molar-refractivity contribution >= 4 is 38.5 Å². The maximum Gasteiger partial charge on any atom is 0.180 e. The van der Waals surface area contributed by atoms with Gasteiger partial charge in [-0.3, -0.25) is 4.90 Å². The summed E-state index contributed by atoms with van der Waals surface area (Å²) in [6.45, 7) is 11.0. The van der Waals surface area contributed by atoms with E-state index >= 15 is 0 Å². The first kappa shape index (κ1) is 24.5.